The first-order valence-corrected chi connectivity index (χ1v) is 13.2. The minimum atomic E-state index is -3.60. The van der Waals surface area contributed by atoms with Crippen LogP contribution in [0.2, 0.25) is 0 Å². The maximum Gasteiger partial charge on any atom is 0.243 e. The number of carbonyl (C=O) groups excluding carboxylic acids is 1. The van der Waals surface area contributed by atoms with Gasteiger partial charge in [0.2, 0.25) is 15.9 Å². The van der Waals surface area contributed by atoms with Gasteiger partial charge in [-0.25, -0.2) is 8.42 Å². The Balaban J connectivity index is 1.73. The Bertz CT molecular complexity index is 972. The van der Waals surface area contributed by atoms with Crippen molar-refractivity contribution in [3.05, 3.63) is 54.1 Å². The number of carbonyl (C=O) groups is 1. The summed E-state index contributed by atoms with van der Waals surface area (Å²) in [5.74, 6) is 1.27. The quantitative estimate of drug-likeness (QED) is 0.593. The lowest BCUT2D eigenvalue weighted by Crippen LogP contribution is -2.35. The lowest BCUT2D eigenvalue weighted by Gasteiger charge is -2.26. The van der Waals surface area contributed by atoms with Crippen molar-refractivity contribution in [2.75, 3.05) is 24.2 Å². The van der Waals surface area contributed by atoms with Gasteiger partial charge in [-0.15, -0.1) is 11.8 Å². The summed E-state index contributed by atoms with van der Waals surface area (Å²) < 4.78 is 33.4. The fourth-order valence-corrected chi connectivity index (χ4v) is 5.73. The molecule has 6 nitrogen and oxygen atoms in total. The Morgan fingerprint density at radius 1 is 1.10 bits per heavy atom. The molecule has 168 valence electrons. The normalized spacial score (nSPS) is 15.1. The maximum absolute atomic E-state index is 13.1. The molecule has 1 amide bonds. The number of rotatable bonds is 9. The third kappa shape index (κ3) is 6.72. The predicted octanol–water partition coefficient (Wildman–Crippen LogP) is 4.52. The van der Waals surface area contributed by atoms with Crippen LogP contribution in [0.1, 0.15) is 38.7 Å². The fourth-order valence-electron chi connectivity index (χ4n) is 3.40. The summed E-state index contributed by atoms with van der Waals surface area (Å²) >= 11 is 1.51. The molecule has 1 saturated heterocycles. The number of hydrogen-bond donors (Lipinski definition) is 1. The highest BCUT2D eigenvalue weighted by Crippen LogP contribution is 2.31. The molecule has 0 bridgehead atoms. The number of anilines is 1. The first-order valence-electron chi connectivity index (χ1n) is 10.6. The van der Waals surface area contributed by atoms with Crippen molar-refractivity contribution in [1.82, 2.24) is 4.31 Å². The highest BCUT2D eigenvalue weighted by molar-refractivity contribution is 7.99. The average Bonchev–Trinajstić information content (AvgIpc) is 2.76. The van der Waals surface area contributed by atoms with Gasteiger partial charge < -0.3 is 10.1 Å². The molecule has 3 rings (SSSR count). The van der Waals surface area contributed by atoms with Gasteiger partial charge in [0.25, 0.3) is 0 Å². The molecule has 0 spiro atoms. The van der Waals surface area contributed by atoms with Crippen molar-refractivity contribution in [3.8, 4) is 5.75 Å². The SMILES string of the molecule is CC(C)Oc1ccc(S(=O)(=O)N2CCCCC2)cc1NC(=O)CSCc1ccccc1. The van der Waals surface area contributed by atoms with E-state index in [0.29, 0.717) is 24.5 Å². The molecular weight excluding hydrogens is 432 g/mol. The Morgan fingerprint density at radius 2 is 1.81 bits per heavy atom. The van der Waals surface area contributed by atoms with Crippen LogP contribution in [-0.4, -0.2) is 43.6 Å². The summed E-state index contributed by atoms with van der Waals surface area (Å²) in [7, 11) is -3.60. The summed E-state index contributed by atoms with van der Waals surface area (Å²) in [6, 6.07) is 14.6. The van der Waals surface area contributed by atoms with Gasteiger partial charge in [-0.05, 0) is 50.5 Å². The number of benzene rings is 2. The number of sulfonamides is 1. The molecule has 1 aliphatic heterocycles. The Morgan fingerprint density at radius 3 is 2.48 bits per heavy atom. The molecule has 0 radical (unpaired) electrons. The van der Waals surface area contributed by atoms with Gasteiger partial charge in [-0.1, -0.05) is 36.8 Å². The standard InChI is InChI=1S/C23H30N2O4S2/c1-18(2)29-22-12-11-20(31(27,28)25-13-7-4-8-14-25)15-21(22)24-23(26)17-30-16-19-9-5-3-6-10-19/h3,5-6,9-12,15,18H,4,7-8,13-14,16-17H2,1-2H3,(H,24,26). The van der Waals surface area contributed by atoms with Crippen LogP contribution in [0.5, 0.6) is 5.75 Å². The second-order valence-electron chi connectivity index (χ2n) is 7.82. The molecule has 2 aromatic rings. The molecule has 8 heteroatoms. The molecule has 1 heterocycles. The van der Waals surface area contributed by atoms with Crippen LogP contribution in [0.15, 0.2) is 53.4 Å². The Hall–Kier alpha value is -2.03. The van der Waals surface area contributed by atoms with E-state index in [1.807, 2.05) is 44.2 Å². The second-order valence-corrected chi connectivity index (χ2v) is 10.7. The van der Waals surface area contributed by atoms with Gasteiger partial charge in [0.15, 0.2) is 0 Å². The first-order chi connectivity index (χ1) is 14.9. The Kier molecular flexibility index (Phi) is 8.40. The van der Waals surface area contributed by atoms with E-state index < -0.39 is 10.0 Å². The molecule has 1 N–H and O–H groups in total. The van der Waals surface area contributed by atoms with E-state index in [4.69, 9.17) is 4.74 Å². The molecule has 1 aliphatic rings. The smallest absolute Gasteiger partial charge is 0.243 e. The van der Waals surface area contributed by atoms with E-state index >= 15 is 0 Å². The number of thioether (sulfide) groups is 1. The molecule has 1 fully saturated rings. The molecule has 0 unspecified atom stereocenters. The Labute approximate surface area is 189 Å². The summed E-state index contributed by atoms with van der Waals surface area (Å²) in [6.45, 7) is 4.84. The van der Waals surface area contributed by atoms with Gasteiger partial charge in [-0.3, -0.25) is 4.79 Å². The molecule has 0 atom stereocenters. The van der Waals surface area contributed by atoms with Crippen LogP contribution < -0.4 is 10.1 Å². The monoisotopic (exact) mass is 462 g/mol. The highest BCUT2D eigenvalue weighted by Gasteiger charge is 2.27. The molecular formula is C23H30N2O4S2. The number of ether oxygens (including phenoxy) is 1. The summed E-state index contributed by atoms with van der Waals surface area (Å²) in [6.07, 6.45) is 2.69. The van der Waals surface area contributed by atoms with Gasteiger partial charge >= 0.3 is 0 Å². The summed E-state index contributed by atoms with van der Waals surface area (Å²) in [4.78, 5) is 12.7. The van der Waals surface area contributed by atoms with E-state index in [9.17, 15) is 13.2 Å². The topological polar surface area (TPSA) is 75.7 Å². The van der Waals surface area contributed by atoms with Gasteiger partial charge in [0, 0.05) is 18.8 Å². The largest absolute Gasteiger partial charge is 0.489 e. The summed E-state index contributed by atoms with van der Waals surface area (Å²) in [5.41, 5.74) is 1.54. The molecule has 0 aromatic heterocycles. The molecule has 2 aromatic carbocycles. The highest BCUT2D eigenvalue weighted by atomic mass is 32.2. The van der Waals surface area contributed by atoms with Gasteiger partial charge in [-0.2, -0.15) is 4.31 Å². The number of piperidine rings is 1. The van der Waals surface area contributed by atoms with E-state index in [0.717, 1.165) is 30.6 Å². The lowest BCUT2D eigenvalue weighted by molar-refractivity contribution is -0.113. The van der Waals surface area contributed by atoms with Gasteiger partial charge in [0.1, 0.15) is 5.75 Å². The zero-order chi connectivity index (χ0) is 22.3. The molecule has 31 heavy (non-hydrogen) atoms. The summed E-state index contributed by atoms with van der Waals surface area (Å²) in [5, 5.41) is 2.85. The minimum Gasteiger partial charge on any atom is -0.489 e. The van der Waals surface area contributed by atoms with E-state index in [2.05, 4.69) is 5.32 Å². The number of amides is 1. The van der Waals surface area contributed by atoms with Gasteiger partial charge in [0.05, 0.1) is 22.4 Å². The third-order valence-electron chi connectivity index (χ3n) is 4.89. The molecule has 0 saturated carbocycles. The van der Waals surface area contributed by atoms with Crippen molar-refractivity contribution < 1.29 is 17.9 Å². The van der Waals surface area contributed by atoms with Crippen LogP contribution in [0.4, 0.5) is 5.69 Å². The molecule has 0 aliphatic carbocycles. The van der Waals surface area contributed by atoms with Crippen LogP contribution in [-0.2, 0) is 20.6 Å². The van der Waals surface area contributed by atoms with Crippen LogP contribution in [0.3, 0.4) is 0 Å². The zero-order valence-corrected chi connectivity index (χ0v) is 19.7. The number of nitrogens with one attached hydrogen (secondary N) is 1. The second kappa shape index (κ2) is 11.0. The van der Waals surface area contributed by atoms with Crippen LogP contribution in [0.25, 0.3) is 0 Å². The van der Waals surface area contributed by atoms with Crippen molar-refractivity contribution in [1.29, 1.82) is 0 Å². The third-order valence-corrected chi connectivity index (χ3v) is 7.78. The average molecular weight is 463 g/mol. The van der Waals surface area contributed by atoms with E-state index in [-0.39, 0.29) is 22.7 Å². The van der Waals surface area contributed by atoms with E-state index in [1.165, 1.54) is 22.1 Å². The zero-order valence-electron chi connectivity index (χ0n) is 18.0. The van der Waals surface area contributed by atoms with E-state index in [1.54, 1.807) is 12.1 Å². The van der Waals surface area contributed by atoms with Crippen molar-refractivity contribution in [2.45, 2.75) is 49.9 Å². The minimum absolute atomic E-state index is 0.104. The fraction of sp³-hybridized carbons (Fsp3) is 0.435. The van der Waals surface area contributed by atoms with Crippen molar-refractivity contribution in [2.24, 2.45) is 0 Å². The lowest BCUT2D eigenvalue weighted by atomic mass is 10.2. The maximum atomic E-state index is 13.1. The van der Waals surface area contributed by atoms with Crippen molar-refractivity contribution in [3.63, 3.8) is 0 Å². The van der Waals surface area contributed by atoms with Crippen molar-refractivity contribution >= 4 is 33.4 Å². The number of hydrogen-bond acceptors (Lipinski definition) is 5. The van der Waals surface area contributed by atoms with Crippen LogP contribution in [0, 0.1) is 0 Å². The number of nitrogens with zero attached hydrogens (tertiary/aromatic N) is 1. The first kappa shape index (κ1) is 23.6. The predicted molar refractivity (Wildman–Crippen MR) is 126 cm³/mol. The van der Waals surface area contributed by atoms with Crippen LogP contribution >= 0.6 is 11.8 Å².